The zero-order chi connectivity index (χ0) is 8.23. The Bertz CT molecular complexity index is 112. The molecule has 2 heterocycles. The first-order valence-electron chi connectivity index (χ1n) is 5.07. The van der Waals surface area contributed by atoms with Gasteiger partial charge >= 0.3 is 0 Å². The minimum absolute atomic E-state index is 0.638. The van der Waals surface area contributed by atoms with E-state index in [1.807, 2.05) is 0 Å². The van der Waals surface area contributed by atoms with E-state index < -0.39 is 0 Å². The molecule has 0 aromatic rings. The number of hydroxylamine groups is 2. The van der Waals surface area contributed by atoms with Crippen molar-refractivity contribution < 1.29 is 4.84 Å². The van der Waals surface area contributed by atoms with Crippen LogP contribution in [0.4, 0.5) is 0 Å². The summed E-state index contributed by atoms with van der Waals surface area (Å²) in [5.41, 5.74) is 0. The normalized spacial score (nSPS) is 33.5. The first-order valence-corrected chi connectivity index (χ1v) is 5.07. The quantitative estimate of drug-likeness (QED) is 0.629. The third-order valence-electron chi connectivity index (χ3n) is 2.71. The molecular weight excluding hydrogens is 152 g/mol. The molecule has 1 atom stereocenters. The molecule has 3 nitrogen and oxygen atoms in total. The molecule has 0 aromatic carbocycles. The predicted octanol–water partition coefficient (Wildman–Crippen LogP) is 0.766. The molecule has 2 fully saturated rings. The third kappa shape index (κ3) is 1.97. The summed E-state index contributed by atoms with van der Waals surface area (Å²) in [5, 5.41) is 5.60. The van der Waals surface area contributed by atoms with Crippen LogP contribution in [0, 0.1) is 0 Å². The van der Waals surface area contributed by atoms with Gasteiger partial charge in [0.1, 0.15) is 0 Å². The molecule has 12 heavy (non-hydrogen) atoms. The highest BCUT2D eigenvalue weighted by Crippen LogP contribution is 2.15. The standard InChI is InChI=1S/C9H18N2O/c1-2-7-12-11(6-1)9-4-3-5-10-8-9/h9-10H,1-8H2. The minimum atomic E-state index is 0.638. The third-order valence-corrected chi connectivity index (χ3v) is 2.71. The average Bonchev–Trinajstić information content (AvgIpc) is 2.21. The van der Waals surface area contributed by atoms with Gasteiger partial charge in [0, 0.05) is 19.1 Å². The number of hydrogen-bond donors (Lipinski definition) is 1. The second-order valence-electron chi connectivity index (χ2n) is 3.68. The van der Waals surface area contributed by atoms with Crippen LogP contribution in [0.5, 0.6) is 0 Å². The lowest BCUT2D eigenvalue weighted by Crippen LogP contribution is -2.47. The van der Waals surface area contributed by atoms with Crippen LogP contribution in [0.1, 0.15) is 25.7 Å². The topological polar surface area (TPSA) is 24.5 Å². The molecular formula is C9H18N2O. The van der Waals surface area contributed by atoms with Crippen LogP contribution in [-0.2, 0) is 4.84 Å². The van der Waals surface area contributed by atoms with Gasteiger partial charge in [-0.05, 0) is 32.2 Å². The summed E-state index contributed by atoms with van der Waals surface area (Å²) >= 11 is 0. The molecule has 0 bridgehead atoms. The van der Waals surface area contributed by atoms with Gasteiger partial charge in [-0.15, -0.1) is 0 Å². The molecule has 2 saturated heterocycles. The van der Waals surface area contributed by atoms with E-state index in [-0.39, 0.29) is 0 Å². The van der Waals surface area contributed by atoms with E-state index in [0.29, 0.717) is 6.04 Å². The summed E-state index contributed by atoms with van der Waals surface area (Å²) in [4.78, 5) is 5.61. The Labute approximate surface area is 74.0 Å². The zero-order valence-electron chi connectivity index (χ0n) is 7.59. The van der Waals surface area contributed by atoms with Crippen LogP contribution < -0.4 is 5.32 Å². The second-order valence-corrected chi connectivity index (χ2v) is 3.68. The van der Waals surface area contributed by atoms with Crippen molar-refractivity contribution in [3.8, 4) is 0 Å². The second kappa shape index (κ2) is 4.21. The predicted molar refractivity (Wildman–Crippen MR) is 47.8 cm³/mol. The summed E-state index contributed by atoms with van der Waals surface area (Å²) in [6.45, 7) is 4.35. The molecule has 70 valence electrons. The van der Waals surface area contributed by atoms with Gasteiger partial charge in [0.15, 0.2) is 0 Å². The van der Waals surface area contributed by atoms with Gasteiger partial charge in [-0.3, -0.25) is 4.84 Å². The van der Waals surface area contributed by atoms with Crippen molar-refractivity contribution in [2.45, 2.75) is 31.7 Å². The maximum absolute atomic E-state index is 5.61. The molecule has 0 spiro atoms. The highest BCUT2D eigenvalue weighted by atomic mass is 16.7. The van der Waals surface area contributed by atoms with Gasteiger partial charge in [0.25, 0.3) is 0 Å². The number of piperidine rings is 1. The molecule has 2 aliphatic rings. The van der Waals surface area contributed by atoms with Crippen molar-refractivity contribution in [3.05, 3.63) is 0 Å². The number of nitrogens with one attached hydrogen (secondary N) is 1. The lowest BCUT2D eigenvalue weighted by molar-refractivity contribution is -0.208. The Morgan fingerprint density at radius 2 is 2.25 bits per heavy atom. The SMILES string of the molecule is C1CCN(C2CCCNC2)OC1. The monoisotopic (exact) mass is 170 g/mol. The lowest BCUT2D eigenvalue weighted by atomic mass is 10.1. The largest absolute Gasteiger partial charge is 0.315 e. The van der Waals surface area contributed by atoms with E-state index in [9.17, 15) is 0 Å². The average molecular weight is 170 g/mol. The molecule has 1 unspecified atom stereocenters. The van der Waals surface area contributed by atoms with Crippen LogP contribution in [-0.4, -0.2) is 37.3 Å². The molecule has 1 N–H and O–H groups in total. The van der Waals surface area contributed by atoms with Crippen LogP contribution in [0.2, 0.25) is 0 Å². The molecule has 0 saturated carbocycles. The van der Waals surface area contributed by atoms with Crippen LogP contribution in [0.25, 0.3) is 0 Å². The molecule has 3 heteroatoms. The van der Waals surface area contributed by atoms with E-state index in [2.05, 4.69) is 10.4 Å². The summed E-state index contributed by atoms with van der Waals surface area (Å²) in [6.07, 6.45) is 5.13. The zero-order valence-corrected chi connectivity index (χ0v) is 7.59. The summed E-state index contributed by atoms with van der Waals surface area (Å²) < 4.78 is 0. The Balaban J connectivity index is 1.80. The Kier molecular flexibility index (Phi) is 2.98. The summed E-state index contributed by atoms with van der Waals surface area (Å²) in [5.74, 6) is 0. The number of nitrogens with zero attached hydrogens (tertiary/aromatic N) is 1. The number of hydrogen-bond acceptors (Lipinski definition) is 3. The van der Waals surface area contributed by atoms with Gasteiger partial charge < -0.3 is 5.32 Å². The molecule has 0 amide bonds. The summed E-state index contributed by atoms with van der Waals surface area (Å²) in [6, 6.07) is 0.638. The van der Waals surface area contributed by atoms with Crippen molar-refractivity contribution >= 4 is 0 Å². The Hall–Kier alpha value is -0.120. The Morgan fingerprint density at radius 3 is 2.92 bits per heavy atom. The minimum Gasteiger partial charge on any atom is -0.315 e. The molecule has 0 aliphatic carbocycles. The molecule has 2 rings (SSSR count). The molecule has 0 aromatic heterocycles. The highest BCUT2D eigenvalue weighted by Gasteiger charge is 2.22. The smallest absolute Gasteiger partial charge is 0.0685 e. The first kappa shape index (κ1) is 8.48. The molecule has 2 aliphatic heterocycles. The fraction of sp³-hybridized carbons (Fsp3) is 1.00. The Morgan fingerprint density at radius 1 is 1.25 bits per heavy atom. The highest BCUT2D eigenvalue weighted by molar-refractivity contribution is 4.75. The fourth-order valence-corrected chi connectivity index (χ4v) is 1.98. The van der Waals surface area contributed by atoms with Crippen molar-refractivity contribution in [1.82, 2.24) is 10.4 Å². The maximum Gasteiger partial charge on any atom is 0.0685 e. The van der Waals surface area contributed by atoms with Crippen molar-refractivity contribution in [3.63, 3.8) is 0 Å². The van der Waals surface area contributed by atoms with Gasteiger partial charge in [0.2, 0.25) is 0 Å². The first-order chi connectivity index (χ1) is 5.97. The van der Waals surface area contributed by atoms with Crippen molar-refractivity contribution in [1.29, 1.82) is 0 Å². The summed E-state index contributed by atoms with van der Waals surface area (Å²) in [7, 11) is 0. The van der Waals surface area contributed by atoms with Gasteiger partial charge in [0.05, 0.1) is 6.61 Å². The fourth-order valence-electron chi connectivity index (χ4n) is 1.98. The van der Waals surface area contributed by atoms with Gasteiger partial charge in [-0.2, -0.15) is 5.06 Å². The van der Waals surface area contributed by atoms with Crippen molar-refractivity contribution in [2.75, 3.05) is 26.2 Å². The van der Waals surface area contributed by atoms with Gasteiger partial charge in [-0.1, -0.05) is 0 Å². The maximum atomic E-state index is 5.61. The number of rotatable bonds is 1. The van der Waals surface area contributed by atoms with E-state index in [1.54, 1.807) is 0 Å². The van der Waals surface area contributed by atoms with Crippen molar-refractivity contribution in [2.24, 2.45) is 0 Å². The van der Waals surface area contributed by atoms with E-state index >= 15 is 0 Å². The lowest BCUT2D eigenvalue weighted by Gasteiger charge is -2.35. The van der Waals surface area contributed by atoms with E-state index in [4.69, 9.17) is 4.84 Å². The van der Waals surface area contributed by atoms with Gasteiger partial charge in [-0.25, -0.2) is 0 Å². The van der Waals surface area contributed by atoms with E-state index in [1.165, 1.54) is 32.2 Å². The molecule has 0 radical (unpaired) electrons. The van der Waals surface area contributed by atoms with Crippen LogP contribution >= 0.6 is 0 Å². The van der Waals surface area contributed by atoms with Crippen LogP contribution in [0.3, 0.4) is 0 Å². The van der Waals surface area contributed by atoms with Crippen LogP contribution in [0.15, 0.2) is 0 Å². The van der Waals surface area contributed by atoms with E-state index in [0.717, 1.165) is 19.7 Å².